The third-order valence-corrected chi connectivity index (χ3v) is 5.09. The van der Waals surface area contributed by atoms with Crippen molar-refractivity contribution in [1.82, 2.24) is 4.90 Å². The van der Waals surface area contributed by atoms with Crippen LogP contribution in [0.25, 0.3) is 0 Å². The molecule has 4 nitrogen and oxygen atoms in total. The summed E-state index contributed by atoms with van der Waals surface area (Å²) >= 11 is 0. The van der Waals surface area contributed by atoms with Crippen LogP contribution in [0.1, 0.15) is 30.1 Å². The summed E-state index contributed by atoms with van der Waals surface area (Å²) in [6.45, 7) is 2.00. The summed E-state index contributed by atoms with van der Waals surface area (Å²) in [7, 11) is -0.403. The second kappa shape index (κ2) is 7.01. The zero-order valence-electron chi connectivity index (χ0n) is 13.2. The maximum Gasteiger partial charge on any atom is 0.254 e. The number of rotatable bonds is 4. The Morgan fingerprint density at radius 1 is 1.14 bits per heavy atom. The zero-order chi connectivity index (χ0) is 16.3. The molecular weight excluding hydrogens is 298 g/mol. The van der Waals surface area contributed by atoms with Crippen LogP contribution in [0.2, 0.25) is 0 Å². The Kier molecular flexibility index (Phi) is 5.29. The van der Waals surface area contributed by atoms with Crippen molar-refractivity contribution >= 4 is 32.8 Å². The average molecular weight is 319 g/mol. The van der Waals surface area contributed by atoms with Crippen molar-refractivity contribution in [3.8, 4) is 0 Å². The number of nitrogens with zero attached hydrogens (tertiary/aromatic N) is 1. The molecule has 118 valence electrons. The van der Waals surface area contributed by atoms with Crippen molar-refractivity contribution in [1.29, 1.82) is 0 Å². The minimum Gasteiger partial charge on any atom is -0.328 e. The second-order valence-electron chi connectivity index (χ2n) is 5.59. The van der Waals surface area contributed by atoms with E-state index in [0.717, 1.165) is 6.42 Å². The van der Waals surface area contributed by atoms with Crippen molar-refractivity contribution in [2.75, 3.05) is 19.1 Å². The lowest BCUT2D eigenvalue weighted by molar-refractivity contribution is -0.118. The molecular formula is C17H21NO3S. The van der Waals surface area contributed by atoms with Crippen LogP contribution in [0.15, 0.2) is 30.3 Å². The van der Waals surface area contributed by atoms with E-state index < -0.39 is 16.5 Å². The van der Waals surface area contributed by atoms with Crippen LogP contribution < -0.4 is 0 Å². The molecule has 1 aliphatic heterocycles. The lowest BCUT2D eigenvalue weighted by Gasteiger charge is -2.24. The molecule has 0 spiro atoms. The number of Topliss-reactive ketones (excluding diaryl/α,β-unsaturated/α-hetero) is 2. The molecule has 22 heavy (non-hydrogen) atoms. The predicted octanol–water partition coefficient (Wildman–Crippen LogP) is 2.15. The van der Waals surface area contributed by atoms with Gasteiger partial charge in [0.15, 0.2) is 11.6 Å². The van der Waals surface area contributed by atoms with Crippen molar-refractivity contribution < 1.29 is 14.4 Å². The molecule has 0 radical (unpaired) electrons. The van der Waals surface area contributed by atoms with Crippen molar-refractivity contribution in [3.63, 3.8) is 0 Å². The summed E-state index contributed by atoms with van der Waals surface area (Å²) in [6, 6.07) is 8.47. The summed E-state index contributed by atoms with van der Waals surface area (Å²) in [5.41, 5.74) is 0.582. The molecule has 0 aromatic heterocycles. The maximum atomic E-state index is 12.7. The quantitative estimate of drug-likeness (QED) is 0.631. The molecule has 5 heteroatoms. The first-order chi connectivity index (χ1) is 10.4. The minimum atomic E-state index is -0.499. The Morgan fingerprint density at radius 2 is 1.77 bits per heavy atom. The smallest absolute Gasteiger partial charge is 0.254 e. The van der Waals surface area contributed by atoms with Crippen molar-refractivity contribution in [3.05, 3.63) is 35.9 Å². The van der Waals surface area contributed by atoms with Crippen LogP contribution in [0.3, 0.4) is 0 Å². The van der Waals surface area contributed by atoms with E-state index in [1.54, 1.807) is 17.0 Å². The number of hydrogen-bond acceptors (Lipinski definition) is 3. The van der Waals surface area contributed by atoms with Crippen LogP contribution >= 0.6 is 10.5 Å². The molecule has 0 N–H and O–H groups in total. The Balaban J connectivity index is 2.28. The molecule has 0 bridgehead atoms. The first-order valence-electron chi connectivity index (χ1n) is 7.29. The summed E-state index contributed by atoms with van der Waals surface area (Å²) < 4.78 is 0. The normalized spacial score (nSPS) is 17.6. The Labute approximate surface area is 133 Å². The van der Waals surface area contributed by atoms with Gasteiger partial charge in [0.05, 0.1) is 10.9 Å². The zero-order valence-corrected chi connectivity index (χ0v) is 14.0. The van der Waals surface area contributed by atoms with Gasteiger partial charge >= 0.3 is 0 Å². The number of benzene rings is 1. The Bertz CT molecular complexity index is 633. The number of carbonyl (C=O) groups excluding carboxylic acids is 3. The standard InChI is InChI=1S/C17H21NO3S/c1-12(19)16(22(2)3)15(20)14-10-7-11-18(14)17(21)13-8-5-4-6-9-13/h4-6,8-9,14H,7,10-11H2,1-3H3/t14-/m0/s1. The van der Waals surface area contributed by atoms with Gasteiger partial charge in [0.1, 0.15) is 0 Å². The minimum absolute atomic E-state index is 0.133. The SMILES string of the molecule is CC(=O)C(C(=O)[C@@H]1CCCN1C(=O)c1ccccc1)=S(C)C. The van der Waals surface area contributed by atoms with E-state index in [0.29, 0.717) is 23.4 Å². The van der Waals surface area contributed by atoms with Crippen LogP contribution in [-0.2, 0) is 9.59 Å². The summed E-state index contributed by atoms with van der Waals surface area (Å²) in [5, 5.41) is 0. The van der Waals surface area contributed by atoms with E-state index in [4.69, 9.17) is 0 Å². The molecule has 1 atom stereocenters. The number of ketones is 2. The van der Waals surface area contributed by atoms with Crippen LogP contribution in [0.5, 0.6) is 0 Å². The van der Waals surface area contributed by atoms with E-state index in [1.165, 1.54) is 6.92 Å². The largest absolute Gasteiger partial charge is 0.328 e. The molecule has 1 aliphatic rings. The van der Waals surface area contributed by atoms with Crippen molar-refractivity contribution in [2.45, 2.75) is 25.8 Å². The van der Waals surface area contributed by atoms with Gasteiger partial charge in [-0.3, -0.25) is 14.4 Å². The molecule has 1 heterocycles. The van der Waals surface area contributed by atoms with Gasteiger partial charge in [-0.25, -0.2) is 0 Å². The first kappa shape index (κ1) is 16.6. The molecule has 0 unspecified atom stereocenters. The maximum absolute atomic E-state index is 12.7. The molecule has 1 aromatic rings. The molecule has 1 saturated heterocycles. The van der Waals surface area contributed by atoms with Gasteiger partial charge < -0.3 is 4.90 Å². The van der Waals surface area contributed by atoms with E-state index >= 15 is 0 Å². The highest BCUT2D eigenvalue weighted by Gasteiger charge is 2.37. The van der Waals surface area contributed by atoms with E-state index in [2.05, 4.69) is 0 Å². The van der Waals surface area contributed by atoms with Crippen LogP contribution in [-0.4, -0.2) is 52.3 Å². The average Bonchev–Trinajstić information content (AvgIpc) is 2.96. The fourth-order valence-electron chi connectivity index (χ4n) is 2.84. The molecule has 2 rings (SSSR count). The molecule has 1 fully saturated rings. The number of carbonyl (C=O) groups is 3. The highest BCUT2D eigenvalue weighted by Crippen LogP contribution is 2.23. The van der Waals surface area contributed by atoms with E-state index in [9.17, 15) is 14.4 Å². The Morgan fingerprint density at radius 3 is 2.32 bits per heavy atom. The summed E-state index contributed by atoms with van der Waals surface area (Å²) in [6.07, 6.45) is 5.16. The molecule has 1 aromatic carbocycles. The van der Waals surface area contributed by atoms with E-state index in [-0.39, 0.29) is 17.5 Å². The molecule has 0 aliphatic carbocycles. The molecule has 1 amide bonds. The third kappa shape index (κ3) is 3.35. The Hall–Kier alpha value is -1.75. The third-order valence-electron chi connectivity index (χ3n) is 3.79. The fourth-order valence-corrected chi connectivity index (χ4v) is 3.96. The van der Waals surface area contributed by atoms with Gasteiger partial charge in [0.2, 0.25) is 0 Å². The second-order valence-corrected chi connectivity index (χ2v) is 7.63. The lowest BCUT2D eigenvalue weighted by Crippen LogP contribution is -2.44. The lowest BCUT2D eigenvalue weighted by atomic mass is 10.0. The summed E-state index contributed by atoms with van der Waals surface area (Å²) in [4.78, 5) is 39.1. The van der Waals surface area contributed by atoms with Gasteiger partial charge in [0, 0.05) is 12.1 Å². The predicted molar refractivity (Wildman–Crippen MR) is 90.6 cm³/mol. The first-order valence-corrected chi connectivity index (χ1v) is 9.33. The highest BCUT2D eigenvalue weighted by molar-refractivity contribution is 8.16. The number of amides is 1. The molecule has 0 saturated carbocycles. The van der Waals surface area contributed by atoms with Crippen LogP contribution in [0.4, 0.5) is 0 Å². The van der Waals surface area contributed by atoms with Crippen molar-refractivity contribution in [2.24, 2.45) is 0 Å². The van der Waals surface area contributed by atoms with Gasteiger partial charge in [-0.05, 0) is 44.4 Å². The van der Waals surface area contributed by atoms with Gasteiger partial charge in [-0.1, -0.05) is 18.2 Å². The fraction of sp³-hybridized carbons (Fsp3) is 0.412. The van der Waals surface area contributed by atoms with Crippen LogP contribution in [0, 0.1) is 0 Å². The number of hydrogen-bond donors (Lipinski definition) is 0. The topological polar surface area (TPSA) is 54.5 Å². The number of likely N-dealkylation sites (tertiary alicyclic amines) is 1. The van der Waals surface area contributed by atoms with Gasteiger partial charge in [-0.2, -0.15) is 10.5 Å². The van der Waals surface area contributed by atoms with Gasteiger partial charge in [0.25, 0.3) is 5.91 Å². The van der Waals surface area contributed by atoms with Gasteiger partial charge in [-0.15, -0.1) is 0 Å². The highest BCUT2D eigenvalue weighted by atomic mass is 32.2. The van der Waals surface area contributed by atoms with E-state index in [1.807, 2.05) is 30.7 Å². The summed E-state index contributed by atoms with van der Waals surface area (Å²) in [5.74, 6) is -0.494. The monoisotopic (exact) mass is 319 g/mol.